The van der Waals surface area contributed by atoms with Gasteiger partial charge >= 0.3 is 32.4 Å². The number of nitriles is 2. The van der Waals surface area contributed by atoms with Gasteiger partial charge in [-0.3, -0.25) is 0 Å². The first-order valence-corrected chi connectivity index (χ1v) is 21.7. The van der Waals surface area contributed by atoms with Crippen molar-refractivity contribution in [3.05, 3.63) is 186 Å². The van der Waals surface area contributed by atoms with E-state index in [1.165, 1.54) is 0 Å². The SMILES string of the molecule is [C-]#[N+]C([N+]#[C-])=C1Cc2c(-c3ccc(S(F)(F)(F)(F)F)cc3)c3c(c(-c4ccc(S(F)(F)(F)(F)F)cc4)c2=C1c1ccc(C)cc1)CC(=C(C#N)C#N)C=3c1ccc(C(F)(F)F)cc1. The Balaban J connectivity index is 1.82. The Morgan fingerprint density at radius 3 is 1.24 bits per heavy atom. The smallest absolute Gasteiger partial charge is 0.192 e. The molecule has 0 aromatic heterocycles. The Morgan fingerprint density at radius 2 is 0.889 bits per heavy atom. The second kappa shape index (κ2) is 13.1. The molecular weight excluding hydrogens is 896 g/mol. The van der Waals surface area contributed by atoms with Crippen molar-refractivity contribution in [3.8, 4) is 34.4 Å². The van der Waals surface area contributed by atoms with E-state index in [1.54, 1.807) is 43.3 Å². The van der Waals surface area contributed by atoms with E-state index in [-0.39, 0.29) is 95.9 Å². The average molecular weight is 919 g/mol. The monoisotopic (exact) mass is 918 g/mol. The van der Waals surface area contributed by atoms with Crippen LogP contribution in [0.1, 0.15) is 33.4 Å². The summed E-state index contributed by atoms with van der Waals surface area (Å²) in [4.78, 5) is 2.16. The van der Waals surface area contributed by atoms with Gasteiger partial charge in [0.15, 0.2) is 0 Å². The predicted octanol–water partition coefficient (Wildman–Crippen LogP) is 14.6. The summed E-state index contributed by atoms with van der Waals surface area (Å²) in [6, 6.07) is 16.3. The number of aryl methyl sites for hydroxylation is 1. The van der Waals surface area contributed by atoms with Crippen molar-refractivity contribution in [2.75, 3.05) is 0 Å². The van der Waals surface area contributed by atoms with Crippen LogP contribution < -0.4 is 10.4 Å². The third-order valence-corrected chi connectivity index (χ3v) is 12.9. The summed E-state index contributed by atoms with van der Waals surface area (Å²) in [5, 5.41) is 20.3. The lowest BCUT2D eigenvalue weighted by molar-refractivity contribution is -0.137. The predicted molar refractivity (Wildman–Crippen MR) is 213 cm³/mol. The molecule has 0 fully saturated rings. The van der Waals surface area contributed by atoms with Crippen LogP contribution >= 0.6 is 20.4 Å². The molecule has 0 saturated heterocycles. The number of halogens is 13. The summed E-state index contributed by atoms with van der Waals surface area (Å²) in [5.74, 6) is -0.532. The first kappa shape index (κ1) is 44.1. The highest BCUT2D eigenvalue weighted by molar-refractivity contribution is 8.46. The molecule has 2 aliphatic rings. The van der Waals surface area contributed by atoms with Crippen molar-refractivity contribution in [3.63, 3.8) is 0 Å². The summed E-state index contributed by atoms with van der Waals surface area (Å²) in [7, 11) is -20.6. The molecule has 0 unspecified atom stereocenters. The van der Waals surface area contributed by atoms with Crippen LogP contribution in [0, 0.1) is 42.7 Å². The standard InChI is InChI=1S/C44H23F13N4S2/c1-24-4-6-25(7-5-24)40-36(43(60-2)61-3)21-35-39(28-12-18-32(19-13-28)63(53,54,55,56)57)41-34(38(42(35)40)27-10-16-31(17-11-27)62(48,49,50,51)52)20-33(29(22-58)23-59)37(41)26-8-14-30(15-9-26)44(45,46)47/h4-19H,20-21H2,1H3. The normalized spacial score (nSPS) is 16.0. The van der Waals surface area contributed by atoms with Gasteiger partial charge in [0.25, 0.3) is 0 Å². The van der Waals surface area contributed by atoms with Gasteiger partial charge in [-0.1, -0.05) is 105 Å². The second-order valence-corrected chi connectivity index (χ2v) is 19.4. The maximum Gasteiger partial charge on any atom is 0.523 e. The fourth-order valence-corrected chi connectivity index (χ4v) is 9.19. The number of allylic oxidation sites excluding steroid dienone is 3. The Labute approximate surface area is 349 Å². The summed E-state index contributed by atoms with van der Waals surface area (Å²) in [6.45, 7) is 17.5. The highest BCUT2D eigenvalue weighted by atomic mass is 32.5. The topological polar surface area (TPSA) is 56.3 Å². The van der Waals surface area contributed by atoms with Crippen molar-refractivity contribution in [1.82, 2.24) is 0 Å². The zero-order valence-corrected chi connectivity index (χ0v) is 33.3. The minimum atomic E-state index is -10.3. The number of rotatable bonds is 6. The van der Waals surface area contributed by atoms with Gasteiger partial charge in [0.05, 0.1) is 11.1 Å². The van der Waals surface area contributed by atoms with Crippen molar-refractivity contribution < 1.29 is 52.0 Å². The van der Waals surface area contributed by atoms with Gasteiger partial charge in [-0.2, -0.15) is 33.4 Å². The Morgan fingerprint density at radius 1 is 0.540 bits per heavy atom. The van der Waals surface area contributed by atoms with E-state index in [0.29, 0.717) is 42.0 Å². The third-order valence-electron chi connectivity index (χ3n) is 10.5. The fraction of sp³-hybridized carbons (Fsp3) is 0.0909. The summed E-state index contributed by atoms with van der Waals surface area (Å²) >= 11 is 0. The maximum absolute atomic E-state index is 14.1. The summed E-state index contributed by atoms with van der Waals surface area (Å²) < 4.78 is 182. The Bertz CT molecular complexity index is 3190. The van der Waals surface area contributed by atoms with Gasteiger partial charge in [0.2, 0.25) is 0 Å². The molecule has 0 heterocycles. The summed E-state index contributed by atoms with van der Waals surface area (Å²) in [5.41, 5.74) is -1.70. The van der Waals surface area contributed by atoms with Crippen LogP contribution in [0.15, 0.2) is 129 Å². The molecule has 5 aromatic rings. The van der Waals surface area contributed by atoms with E-state index in [9.17, 15) is 62.6 Å². The number of benzene rings is 5. The molecule has 63 heavy (non-hydrogen) atoms. The summed E-state index contributed by atoms with van der Waals surface area (Å²) in [6.07, 6.45) is -5.83. The number of alkyl halides is 3. The van der Waals surface area contributed by atoms with Crippen LogP contribution in [-0.4, -0.2) is 0 Å². The molecule has 0 radical (unpaired) electrons. The zero-order valence-electron chi connectivity index (χ0n) is 31.7. The van der Waals surface area contributed by atoms with Gasteiger partial charge in [-0.05, 0) is 121 Å². The van der Waals surface area contributed by atoms with E-state index < -0.39 is 66.2 Å². The van der Waals surface area contributed by atoms with Crippen LogP contribution in [0.5, 0.6) is 0 Å². The molecule has 322 valence electrons. The molecular formula is C44H23F13N4S2. The van der Waals surface area contributed by atoms with E-state index in [4.69, 9.17) is 13.1 Å². The van der Waals surface area contributed by atoms with Gasteiger partial charge in [0.1, 0.15) is 40.6 Å². The van der Waals surface area contributed by atoms with Gasteiger partial charge in [0, 0.05) is 6.42 Å². The number of nitrogens with zero attached hydrogens (tertiary/aromatic N) is 4. The van der Waals surface area contributed by atoms with Gasteiger partial charge in [-0.25, -0.2) is 0 Å². The lowest BCUT2D eigenvalue weighted by Gasteiger charge is -2.40. The van der Waals surface area contributed by atoms with Crippen LogP contribution in [0.2, 0.25) is 0 Å². The average Bonchev–Trinajstić information content (AvgIpc) is 3.76. The molecule has 0 amide bonds. The van der Waals surface area contributed by atoms with Crippen molar-refractivity contribution in [2.45, 2.75) is 35.7 Å². The van der Waals surface area contributed by atoms with Crippen molar-refractivity contribution in [1.29, 1.82) is 10.5 Å². The quantitative estimate of drug-likeness (QED) is 0.0968. The van der Waals surface area contributed by atoms with E-state index >= 15 is 0 Å². The van der Waals surface area contributed by atoms with E-state index in [1.807, 2.05) is 0 Å². The molecule has 0 spiro atoms. The molecule has 4 nitrogen and oxygen atoms in total. The molecule has 2 aliphatic carbocycles. The van der Waals surface area contributed by atoms with Crippen LogP contribution in [-0.2, 0) is 19.0 Å². The molecule has 19 heteroatoms. The van der Waals surface area contributed by atoms with Crippen molar-refractivity contribution in [2.24, 2.45) is 0 Å². The Hall–Kier alpha value is -6.93. The molecule has 5 aromatic carbocycles. The number of hydrogen-bond acceptors (Lipinski definition) is 2. The lowest BCUT2D eigenvalue weighted by Crippen LogP contribution is -2.25. The van der Waals surface area contributed by atoms with E-state index in [2.05, 4.69) is 9.69 Å². The van der Waals surface area contributed by atoms with Crippen LogP contribution in [0.3, 0.4) is 0 Å². The highest BCUT2D eigenvalue weighted by Gasteiger charge is 2.66. The molecule has 0 N–H and O–H groups in total. The molecule has 0 saturated carbocycles. The fourth-order valence-electron chi connectivity index (χ4n) is 7.89. The number of hydrogen-bond donors (Lipinski definition) is 0. The van der Waals surface area contributed by atoms with Gasteiger partial charge in [-0.15, -0.1) is 0 Å². The zero-order chi connectivity index (χ0) is 46.4. The minimum absolute atomic E-state index is 0.00105. The second-order valence-electron chi connectivity index (χ2n) is 14.6. The molecule has 0 atom stereocenters. The van der Waals surface area contributed by atoms with Crippen LogP contribution in [0.4, 0.5) is 52.0 Å². The third kappa shape index (κ3) is 8.02. The molecule has 0 bridgehead atoms. The lowest BCUT2D eigenvalue weighted by atomic mass is 9.86. The molecule has 0 aliphatic heterocycles. The maximum atomic E-state index is 14.1. The van der Waals surface area contributed by atoms with E-state index in [0.717, 1.165) is 17.7 Å². The number of fused-ring (bicyclic) bond motifs is 2. The van der Waals surface area contributed by atoms with Crippen molar-refractivity contribution >= 4 is 31.6 Å². The van der Waals surface area contributed by atoms with Gasteiger partial charge < -0.3 is 0 Å². The first-order chi connectivity index (χ1) is 28.9. The van der Waals surface area contributed by atoms with Crippen LogP contribution in [0.25, 0.3) is 43.1 Å². The largest absolute Gasteiger partial charge is 0.523 e. The highest BCUT2D eigenvalue weighted by Crippen LogP contribution is 3.02. The minimum Gasteiger partial charge on any atom is -0.192 e. The Kier molecular flexibility index (Phi) is 9.14. The molecule has 7 rings (SSSR count). The first-order valence-electron chi connectivity index (χ1n) is 17.8.